The van der Waals surface area contributed by atoms with Crippen LogP contribution in [-0.2, 0) is 0 Å². The minimum atomic E-state index is 0.165. The van der Waals surface area contributed by atoms with Crippen LogP contribution >= 0.6 is 11.6 Å². The number of aromatic nitrogens is 2. The second-order valence-corrected chi connectivity index (χ2v) is 2.22. The van der Waals surface area contributed by atoms with Gasteiger partial charge < -0.3 is 10.5 Å². The fraction of sp³-hybridized carbons (Fsp3) is 0.333. The van der Waals surface area contributed by atoms with Crippen LogP contribution in [0.15, 0.2) is 6.20 Å². The maximum absolute atomic E-state index is 5.67. The van der Waals surface area contributed by atoms with Crippen LogP contribution in [0.3, 0.4) is 0 Å². The van der Waals surface area contributed by atoms with Gasteiger partial charge in [-0.15, -0.1) is 0 Å². The van der Waals surface area contributed by atoms with Crippen molar-refractivity contribution >= 4 is 17.5 Å². The Bertz CT molecular complexity index is 254. The molecule has 0 saturated heterocycles. The predicted octanol–water partition coefficient (Wildman–Crippen LogP) is 1.11. The number of ether oxygens (including phenoxy) is 1. The summed E-state index contributed by atoms with van der Waals surface area (Å²) < 4.78 is 5.05. The second kappa shape index (κ2) is 3.39. The first kappa shape index (κ1) is 8.07. The molecule has 0 unspecified atom stereocenters. The van der Waals surface area contributed by atoms with Crippen LogP contribution in [0.25, 0.3) is 0 Å². The van der Waals surface area contributed by atoms with E-state index < -0.39 is 0 Å². The summed E-state index contributed by atoms with van der Waals surface area (Å²) in [5, 5.41) is 0.376. The summed E-state index contributed by atoms with van der Waals surface area (Å²) in [5.74, 6) is 0.500. The number of nitrogens with zero attached hydrogens (tertiary/aromatic N) is 2. The Morgan fingerprint density at radius 3 is 3.09 bits per heavy atom. The molecule has 0 radical (unpaired) electrons. The summed E-state index contributed by atoms with van der Waals surface area (Å²) >= 11 is 5.67. The van der Waals surface area contributed by atoms with Gasteiger partial charge in [0.1, 0.15) is 5.02 Å². The Kier molecular flexibility index (Phi) is 2.48. The van der Waals surface area contributed by atoms with Crippen molar-refractivity contribution in [3.8, 4) is 5.88 Å². The molecule has 0 aromatic carbocycles. The van der Waals surface area contributed by atoms with Gasteiger partial charge in [0.2, 0.25) is 11.8 Å². The molecule has 11 heavy (non-hydrogen) atoms. The zero-order valence-corrected chi connectivity index (χ0v) is 6.80. The number of nitrogen functional groups attached to an aromatic ring is 1. The van der Waals surface area contributed by atoms with E-state index in [1.165, 1.54) is 6.20 Å². The zero-order chi connectivity index (χ0) is 8.27. The lowest BCUT2D eigenvalue weighted by Gasteiger charge is -2.02. The van der Waals surface area contributed by atoms with Gasteiger partial charge in [0.15, 0.2) is 0 Å². The van der Waals surface area contributed by atoms with E-state index in [1.807, 2.05) is 6.92 Å². The van der Waals surface area contributed by atoms with Gasteiger partial charge in [-0.05, 0) is 6.92 Å². The lowest BCUT2D eigenvalue weighted by Crippen LogP contribution is -2.00. The maximum Gasteiger partial charge on any atom is 0.237 e. The monoisotopic (exact) mass is 173 g/mol. The largest absolute Gasteiger partial charge is 0.477 e. The third-order valence-electron chi connectivity index (χ3n) is 1.01. The second-order valence-electron chi connectivity index (χ2n) is 1.81. The Morgan fingerprint density at radius 2 is 2.45 bits per heavy atom. The van der Waals surface area contributed by atoms with E-state index in [-0.39, 0.29) is 5.95 Å². The van der Waals surface area contributed by atoms with Crippen molar-refractivity contribution in [2.24, 2.45) is 0 Å². The molecule has 0 atom stereocenters. The molecule has 0 saturated carbocycles. The van der Waals surface area contributed by atoms with Crippen LogP contribution in [0.1, 0.15) is 6.92 Å². The Morgan fingerprint density at radius 1 is 1.73 bits per heavy atom. The first-order valence-electron chi connectivity index (χ1n) is 3.15. The number of hydrogen-bond donors (Lipinski definition) is 1. The first-order chi connectivity index (χ1) is 5.24. The lowest BCUT2D eigenvalue weighted by atomic mass is 10.6. The molecule has 0 aliphatic heterocycles. The molecule has 5 heteroatoms. The highest BCUT2D eigenvalue weighted by molar-refractivity contribution is 6.31. The molecule has 0 aliphatic rings. The fourth-order valence-corrected chi connectivity index (χ4v) is 0.748. The molecule has 1 aromatic heterocycles. The van der Waals surface area contributed by atoms with Crippen molar-refractivity contribution in [3.05, 3.63) is 11.2 Å². The van der Waals surface area contributed by atoms with Crippen LogP contribution in [0.5, 0.6) is 5.88 Å². The van der Waals surface area contributed by atoms with Crippen LogP contribution < -0.4 is 10.5 Å². The highest BCUT2D eigenvalue weighted by Gasteiger charge is 2.02. The molecule has 0 bridgehead atoms. The Labute approximate surface area is 69.4 Å². The van der Waals surface area contributed by atoms with Crippen LogP contribution in [0.2, 0.25) is 5.02 Å². The smallest absolute Gasteiger partial charge is 0.237 e. The molecule has 1 heterocycles. The summed E-state index contributed by atoms with van der Waals surface area (Å²) in [6.45, 7) is 2.35. The van der Waals surface area contributed by atoms with Gasteiger partial charge >= 0.3 is 0 Å². The Balaban J connectivity index is 2.93. The molecule has 4 nitrogen and oxygen atoms in total. The van der Waals surface area contributed by atoms with E-state index in [1.54, 1.807) is 0 Å². The van der Waals surface area contributed by atoms with Crippen molar-refractivity contribution in [1.29, 1.82) is 0 Å². The van der Waals surface area contributed by atoms with Gasteiger partial charge in [0.25, 0.3) is 0 Å². The quantitative estimate of drug-likeness (QED) is 0.728. The normalized spacial score (nSPS) is 9.64. The van der Waals surface area contributed by atoms with Gasteiger partial charge in [-0.25, -0.2) is 4.98 Å². The van der Waals surface area contributed by atoms with Crippen LogP contribution in [0.4, 0.5) is 5.95 Å². The fourth-order valence-electron chi connectivity index (χ4n) is 0.602. The minimum Gasteiger partial charge on any atom is -0.477 e. The van der Waals surface area contributed by atoms with Crippen LogP contribution in [0, 0.1) is 0 Å². The molecule has 1 aromatic rings. The average Bonchev–Trinajstić information content (AvgIpc) is 1.98. The molecule has 60 valence electrons. The third kappa shape index (κ3) is 1.94. The molecule has 0 amide bonds. The first-order valence-corrected chi connectivity index (χ1v) is 3.52. The van der Waals surface area contributed by atoms with Gasteiger partial charge in [-0.2, -0.15) is 4.98 Å². The lowest BCUT2D eigenvalue weighted by molar-refractivity contribution is 0.327. The number of nitrogens with two attached hydrogens (primary N) is 1. The number of halogens is 1. The van der Waals surface area contributed by atoms with E-state index in [0.717, 1.165) is 0 Å². The molecule has 0 fully saturated rings. The summed E-state index contributed by atoms with van der Waals surface area (Å²) in [6, 6.07) is 0. The van der Waals surface area contributed by atoms with E-state index in [4.69, 9.17) is 22.1 Å². The highest BCUT2D eigenvalue weighted by atomic mass is 35.5. The summed E-state index contributed by atoms with van der Waals surface area (Å²) in [4.78, 5) is 7.45. The summed E-state index contributed by atoms with van der Waals surface area (Å²) in [5.41, 5.74) is 5.30. The molecule has 2 N–H and O–H groups in total. The van der Waals surface area contributed by atoms with E-state index in [9.17, 15) is 0 Å². The molecule has 1 rings (SSSR count). The van der Waals surface area contributed by atoms with Crippen molar-refractivity contribution < 1.29 is 4.74 Å². The summed E-state index contributed by atoms with van der Waals surface area (Å²) in [7, 11) is 0. The third-order valence-corrected chi connectivity index (χ3v) is 1.27. The summed E-state index contributed by atoms with van der Waals surface area (Å²) in [6.07, 6.45) is 1.41. The van der Waals surface area contributed by atoms with E-state index in [2.05, 4.69) is 9.97 Å². The van der Waals surface area contributed by atoms with Gasteiger partial charge in [-0.1, -0.05) is 11.6 Å². The SMILES string of the molecule is CCOc1nc(N)ncc1Cl. The number of anilines is 1. The standard InChI is InChI=1S/C6H8ClN3O/c1-2-11-5-4(7)3-9-6(8)10-5/h3H,2H2,1H3,(H2,8,9,10). The van der Waals surface area contributed by atoms with E-state index >= 15 is 0 Å². The van der Waals surface area contributed by atoms with Crippen LogP contribution in [-0.4, -0.2) is 16.6 Å². The zero-order valence-electron chi connectivity index (χ0n) is 6.04. The maximum atomic E-state index is 5.67. The highest BCUT2D eigenvalue weighted by Crippen LogP contribution is 2.20. The molecule has 0 spiro atoms. The Hall–Kier alpha value is -1.03. The number of rotatable bonds is 2. The molecular weight excluding hydrogens is 166 g/mol. The average molecular weight is 174 g/mol. The van der Waals surface area contributed by atoms with Gasteiger partial charge in [0.05, 0.1) is 12.8 Å². The molecular formula is C6H8ClN3O. The van der Waals surface area contributed by atoms with Crippen molar-refractivity contribution in [2.75, 3.05) is 12.3 Å². The topological polar surface area (TPSA) is 61.0 Å². The van der Waals surface area contributed by atoms with Crippen molar-refractivity contribution in [2.45, 2.75) is 6.92 Å². The minimum absolute atomic E-state index is 0.165. The predicted molar refractivity (Wildman–Crippen MR) is 42.6 cm³/mol. The van der Waals surface area contributed by atoms with Crippen molar-refractivity contribution in [3.63, 3.8) is 0 Å². The van der Waals surface area contributed by atoms with E-state index in [0.29, 0.717) is 17.5 Å². The number of hydrogen-bond acceptors (Lipinski definition) is 4. The van der Waals surface area contributed by atoms with Gasteiger partial charge in [0, 0.05) is 0 Å². The molecule has 0 aliphatic carbocycles. The van der Waals surface area contributed by atoms with Crippen molar-refractivity contribution in [1.82, 2.24) is 9.97 Å². The van der Waals surface area contributed by atoms with Gasteiger partial charge in [-0.3, -0.25) is 0 Å².